The lowest BCUT2D eigenvalue weighted by Gasteiger charge is -2.37. The minimum absolute atomic E-state index is 0.881. The normalized spacial score (nSPS) is 15.9. The first kappa shape index (κ1) is 31.0. The van der Waals surface area contributed by atoms with Crippen LogP contribution >= 0.6 is 0 Å². The summed E-state index contributed by atoms with van der Waals surface area (Å²) in [7, 11) is -1.72. The molecule has 0 saturated carbocycles. The smallest absolute Gasteiger partial charge is 0.153 e. The number of hydrogen-bond donors (Lipinski definition) is 1. The lowest BCUT2D eigenvalue weighted by molar-refractivity contribution is 1.16. The van der Waals surface area contributed by atoms with Gasteiger partial charge in [-0.1, -0.05) is 68.2 Å². The number of aliphatic imine (C=N–C) groups is 2. The Bertz CT molecular complexity index is 1700. The SMILES string of the molecule is CC1=CC(C)=Nc2ccc(cc2)Cc2ccc(cc2)N([Si](C)(C)C)/C(C)=C\C(C)=Nc2ccc(cc2)Cc2ccc(cc2)N1. The second kappa shape index (κ2) is 13.4. The van der Waals surface area contributed by atoms with E-state index in [-0.39, 0.29) is 0 Å². The van der Waals surface area contributed by atoms with Crippen molar-refractivity contribution in [2.75, 3.05) is 9.88 Å². The molecular weight excluding hydrogens is 553 g/mol. The van der Waals surface area contributed by atoms with Crippen LogP contribution < -0.4 is 9.88 Å². The van der Waals surface area contributed by atoms with E-state index in [0.717, 1.165) is 47.0 Å². The number of nitrogens with one attached hydrogen (secondary N) is 1. The highest BCUT2D eigenvalue weighted by Crippen LogP contribution is 2.28. The van der Waals surface area contributed by atoms with Gasteiger partial charge in [-0.25, -0.2) is 0 Å². The third kappa shape index (κ3) is 8.33. The largest absolute Gasteiger partial charge is 0.373 e. The van der Waals surface area contributed by atoms with Crippen LogP contribution in [0.2, 0.25) is 19.6 Å². The van der Waals surface area contributed by atoms with Crippen LogP contribution in [-0.2, 0) is 12.8 Å². The Labute approximate surface area is 264 Å². The number of rotatable bonds is 1. The molecule has 11 rings (SSSR count). The molecule has 4 aromatic carbocycles. The van der Waals surface area contributed by atoms with Gasteiger partial charge in [0, 0.05) is 34.2 Å². The zero-order chi connectivity index (χ0) is 31.3. The highest BCUT2D eigenvalue weighted by atomic mass is 28.3. The van der Waals surface area contributed by atoms with Crippen LogP contribution in [-0.4, -0.2) is 19.7 Å². The molecule has 0 amide bonds. The molecule has 4 aromatic rings. The van der Waals surface area contributed by atoms with Crippen molar-refractivity contribution >= 4 is 42.4 Å². The lowest BCUT2D eigenvalue weighted by atomic mass is 10.0. The van der Waals surface area contributed by atoms with Crippen LogP contribution in [0.15, 0.2) is 131 Å². The second-order valence-electron chi connectivity index (χ2n) is 12.8. The quantitative estimate of drug-likeness (QED) is 0.222. The monoisotopic (exact) mass is 596 g/mol. The van der Waals surface area contributed by atoms with Gasteiger partial charge in [-0.2, -0.15) is 0 Å². The van der Waals surface area contributed by atoms with Crippen molar-refractivity contribution < 1.29 is 0 Å². The molecule has 0 unspecified atom stereocenters. The maximum absolute atomic E-state index is 4.94. The van der Waals surface area contributed by atoms with Crippen molar-refractivity contribution in [2.45, 2.75) is 60.2 Å². The molecule has 44 heavy (non-hydrogen) atoms. The van der Waals surface area contributed by atoms with E-state index < -0.39 is 8.24 Å². The highest BCUT2D eigenvalue weighted by molar-refractivity contribution is 6.80. The molecule has 0 saturated heterocycles. The Morgan fingerprint density at radius 3 is 1.41 bits per heavy atom. The third-order valence-corrected chi connectivity index (χ3v) is 9.61. The molecule has 1 N–H and O–H groups in total. The number of benzene rings is 4. The predicted molar refractivity (Wildman–Crippen MR) is 194 cm³/mol. The van der Waals surface area contributed by atoms with Crippen molar-refractivity contribution in [3.8, 4) is 0 Å². The lowest BCUT2D eigenvalue weighted by Crippen LogP contribution is -2.45. The Kier molecular flexibility index (Phi) is 9.45. The molecule has 0 atom stereocenters. The maximum atomic E-state index is 4.94. The first-order valence-corrected chi connectivity index (χ1v) is 18.9. The van der Waals surface area contributed by atoms with Gasteiger partial charge in [0.2, 0.25) is 0 Å². The van der Waals surface area contributed by atoms with Crippen LogP contribution in [0.5, 0.6) is 0 Å². The highest BCUT2D eigenvalue weighted by Gasteiger charge is 2.26. The molecule has 4 nitrogen and oxygen atoms in total. The van der Waals surface area contributed by atoms with Gasteiger partial charge in [-0.05, 0) is 123 Å². The fourth-order valence-electron chi connectivity index (χ4n) is 5.85. The van der Waals surface area contributed by atoms with Gasteiger partial charge in [-0.3, -0.25) is 9.98 Å². The van der Waals surface area contributed by atoms with Gasteiger partial charge >= 0.3 is 0 Å². The molecule has 7 aliphatic heterocycles. The van der Waals surface area contributed by atoms with Gasteiger partial charge in [0.25, 0.3) is 0 Å². The second-order valence-corrected chi connectivity index (χ2v) is 17.6. The molecule has 7 aliphatic rings. The summed E-state index contributed by atoms with van der Waals surface area (Å²) in [6, 6.07) is 34.9. The standard InChI is InChI=1S/C39H44N4Si/c1-28-24-29(2)41-37-18-10-34(11-19-37)27-35-14-22-39(23-15-35)43(44(5,6)7)31(4)25-30(3)42-38-20-12-33(13-21-38)26-32-8-16-36(40-28)17-9-32/h8-25,40H,26-27H2,1-7H3/b28-24?,31-25-,41-29?,42-30?. The summed E-state index contributed by atoms with van der Waals surface area (Å²) in [4.78, 5) is 9.77. The van der Waals surface area contributed by atoms with Crippen molar-refractivity contribution in [1.29, 1.82) is 0 Å². The minimum atomic E-state index is -1.72. The summed E-state index contributed by atoms with van der Waals surface area (Å²) in [6.45, 7) is 15.6. The maximum Gasteiger partial charge on any atom is 0.153 e. The fraction of sp³-hybridized carbons (Fsp3) is 0.231. The van der Waals surface area contributed by atoms with E-state index in [4.69, 9.17) is 9.98 Å². The molecule has 7 heterocycles. The summed E-state index contributed by atoms with van der Waals surface area (Å²) in [6.07, 6.45) is 6.07. The molecule has 5 heteroatoms. The number of hydrogen-bond acceptors (Lipinski definition) is 4. The molecular formula is C39H44N4Si. The van der Waals surface area contributed by atoms with Gasteiger partial charge < -0.3 is 9.88 Å². The summed E-state index contributed by atoms with van der Waals surface area (Å²) >= 11 is 0. The van der Waals surface area contributed by atoms with E-state index in [2.05, 4.69) is 160 Å². The van der Waals surface area contributed by atoms with E-state index in [9.17, 15) is 0 Å². The molecule has 224 valence electrons. The van der Waals surface area contributed by atoms with Crippen molar-refractivity contribution in [3.63, 3.8) is 0 Å². The van der Waals surface area contributed by atoms with E-state index in [1.54, 1.807) is 0 Å². The van der Waals surface area contributed by atoms with Crippen LogP contribution in [0.25, 0.3) is 0 Å². The molecule has 0 radical (unpaired) electrons. The van der Waals surface area contributed by atoms with Gasteiger partial charge in [0.05, 0.1) is 11.4 Å². The van der Waals surface area contributed by atoms with Gasteiger partial charge in [-0.15, -0.1) is 0 Å². The summed E-state index contributed by atoms with van der Waals surface area (Å²) in [5.41, 5.74) is 13.6. The van der Waals surface area contributed by atoms with Gasteiger partial charge in [0.1, 0.15) is 0 Å². The van der Waals surface area contributed by atoms with E-state index in [0.29, 0.717) is 0 Å². The number of allylic oxidation sites excluding steroid dienone is 4. The predicted octanol–water partition coefficient (Wildman–Crippen LogP) is 10.6. The van der Waals surface area contributed by atoms with Crippen LogP contribution in [0, 0.1) is 0 Å². The zero-order valence-corrected chi connectivity index (χ0v) is 28.1. The van der Waals surface area contributed by atoms with Crippen molar-refractivity contribution in [3.05, 3.63) is 143 Å². The Balaban J connectivity index is 1.50. The Hall–Kier alpha value is -4.48. The fourth-order valence-corrected chi connectivity index (χ4v) is 7.90. The molecule has 8 bridgehead atoms. The van der Waals surface area contributed by atoms with Crippen LogP contribution in [0.3, 0.4) is 0 Å². The van der Waals surface area contributed by atoms with E-state index in [1.807, 2.05) is 6.92 Å². The first-order valence-electron chi connectivity index (χ1n) is 15.4. The summed E-state index contributed by atoms with van der Waals surface area (Å²) in [5, 5.41) is 3.50. The number of anilines is 2. The summed E-state index contributed by atoms with van der Waals surface area (Å²) in [5.74, 6) is 0. The van der Waals surface area contributed by atoms with Crippen molar-refractivity contribution in [2.24, 2.45) is 9.98 Å². The molecule has 0 spiro atoms. The van der Waals surface area contributed by atoms with Gasteiger partial charge in [0.15, 0.2) is 8.24 Å². The summed E-state index contributed by atoms with van der Waals surface area (Å²) < 4.78 is 2.53. The molecule has 0 fully saturated rings. The van der Waals surface area contributed by atoms with E-state index in [1.165, 1.54) is 33.6 Å². The Morgan fingerprint density at radius 2 is 0.955 bits per heavy atom. The zero-order valence-electron chi connectivity index (χ0n) is 27.1. The Morgan fingerprint density at radius 1 is 0.545 bits per heavy atom. The molecule has 0 aromatic heterocycles. The number of nitrogens with zero attached hydrogens (tertiary/aromatic N) is 3. The average molecular weight is 597 g/mol. The molecule has 0 aliphatic carbocycles. The topological polar surface area (TPSA) is 40.0 Å². The average Bonchev–Trinajstić information content (AvgIpc) is 2.96. The van der Waals surface area contributed by atoms with E-state index >= 15 is 0 Å². The third-order valence-electron chi connectivity index (χ3n) is 7.66. The first-order chi connectivity index (χ1) is 21.0. The van der Waals surface area contributed by atoms with Crippen LogP contribution in [0.4, 0.5) is 22.7 Å². The minimum Gasteiger partial charge on any atom is -0.373 e. The van der Waals surface area contributed by atoms with Crippen LogP contribution in [0.1, 0.15) is 49.9 Å². The van der Waals surface area contributed by atoms with Crippen molar-refractivity contribution in [1.82, 2.24) is 0 Å².